The Morgan fingerprint density at radius 3 is 2.84 bits per heavy atom. The molecule has 0 atom stereocenters. The second-order valence-corrected chi connectivity index (χ2v) is 6.81. The van der Waals surface area contributed by atoms with Gasteiger partial charge in [-0.1, -0.05) is 47.5 Å². The van der Waals surface area contributed by atoms with Crippen LogP contribution in [0, 0.1) is 0 Å². The fraction of sp³-hybridized carbons (Fsp3) is 0.0500. The highest BCUT2D eigenvalue weighted by Crippen LogP contribution is 2.34. The smallest absolute Gasteiger partial charge is 0.161 e. The molecule has 0 aliphatic carbocycles. The van der Waals surface area contributed by atoms with Crippen LogP contribution in [-0.2, 0) is 6.54 Å². The third kappa shape index (κ3) is 2.24. The van der Waals surface area contributed by atoms with E-state index in [4.69, 9.17) is 32.6 Å². The molecule has 4 aromatic rings. The molecule has 0 unspecified atom stereocenters. The normalized spacial score (nSPS) is 13.3. The lowest BCUT2D eigenvalue weighted by Gasteiger charge is -2.12. The number of aromatic nitrogens is 1. The second kappa shape index (κ2) is 5.51. The van der Waals surface area contributed by atoms with Crippen molar-refractivity contribution in [2.24, 2.45) is 4.99 Å². The summed E-state index contributed by atoms with van der Waals surface area (Å²) in [7, 11) is 0. The van der Waals surface area contributed by atoms with Crippen molar-refractivity contribution in [3.63, 3.8) is 0 Å². The first-order chi connectivity index (χ1) is 12.2. The predicted molar refractivity (Wildman–Crippen MR) is 101 cm³/mol. The molecule has 2 aromatic heterocycles. The van der Waals surface area contributed by atoms with E-state index in [1.807, 2.05) is 48.7 Å². The Morgan fingerprint density at radius 2 is 1.92 bits per heavy atom. The number of aliphatic imine (C=N–C) groups is 1. The first-order valence-electron chi connectivity index (χ1n) is 7.89. The molecule has 0 saturated carbocycles. The Morgan fingerprint density at radius 1 is 1.04 bits per heavy atom. The van der Waals surface area contributed by atoms with E-state index in [0.29, 0.717) is 16.6 Å². The van der Waals surface area contributed by atoms with Gasteiger partial charge in [-0.15, -0.1) is 0 Å². The first-order valence-corrected chi connectivity index (χ1v) is 8.65. The highest BCUT2D eigenvalue weighted by molar-refractivity contribution is 6.35. The van der Waals surface area contributed by atoms with Crippen molar-refractivity contribution in [3.8, 4) is 5.69 Å². The highest BCUT2D eigenvalue weighted by atomic mass is 35.5. The van der Waals surface area contributed by atoms with Crippen LogP contribution in [-0.4, -0.2) is 10.3 Å². The van der Waals surface area contributed by atoms with Gasteiger partial charge in [0, 0.05) is 32.6 Å². The van der Waals surface area contributed by atoms with Crippen LogP contribution in [0.3, 0.4) is 0 Å². The van der Waals surface area contributed by atoms with E-state index in [9.17, 15) is 0 Å². The number of benzene rings is 2. The van der Waals surface area contributed by atoms with Crippen LogP contribution in [0.15, 0.2) is 70.4 Å². The topological polar surface area (TPSA) is 30.4 Å². The summed E-state index contributed by atoms with van der Waals surface area (Å²) in [6.45, 7) is 0.470. The molecule has 0 radical (unpaired) electrons. The Balaban J connectivity index is 1.79. The molecule has 122 valence electrons. The minimum Gasteiger partial charge on any atom is -0.461 e. The molecule has 0 bridgehead atoms. The number of fused-ring (bicyclic) bond motifs is 4. The summed E-state index contributed by atoms with van der Waals surface area (Å²) in [6, 6.07) is 15.8. The Kier molecular flexibility index (Phi) is 3.27. The fourth-order valence-corrected chi connectivity index (χ4v) is 3.89. The van der Waals surface area contributed by atoms with Crippen LogP contribution in [0.4, 0.5) is 0 Å². The minimum absolute atomic E-state index is 0.470. The number of halogens is 2. The molecule has 0 amide bonds. The lowest BCUT2D eigenvalue weighted by molar-refractivity contribution is 0.562. The van der Waals surface area contributed by atoms with Gasteiger partial charge >= 0.3 is 0 Å². The molecule has 0 fully saturated rings. The Hall–Kier alpha value is -2.49. The molecule has 2 aromatic carbocycles. The number of rotatable bonds is 1. The zero-order chi connectivity index (χ0) is 17.0. The molecular weight excluding hydrogens is 355 g/mol. The number of furan rings is 1. The molecule has 3 nitrogen and oxygen atoms in total. The summed E-state index contributed by atoms with van der Waals surface area (Å²) in [5.41, 5.74) is 3.67. The lowest BCUT2D eigenvalue weighted by atomic mass is 10.1. The summed E-state index contributed by atoms with van der Waals surface area (Å²) in [6.07, 6.45) is 3.76. The van der Waals surface area contributed by atoms with E-state index in [-0.39, 0.29) is 0 Å². The zero-order valence-corrected chi connectivity index (χ0v) is 14.6. The van der Waals surface area contributed by atoms with Crippen molar-refractivity contribution < 1.29 is 4.42 Å². The predicted octanol–water partition coefficient (Wildman–Crippen LogP) is 5.88. The monoisotopic (exact) mass is 366 g/mol. The molecule has 5 rings (SSSR count). The average Bonchev–Trinajstić information content (AvgIpc) is 3.21. The molecule has 1 aliphatic heterocycles. The molecule has 0 N–H and O–H groups in total. The van der Waals surface area contributed by atoms with Crippen molar-refractivity contribution in [1.82, 2.24) is 4.57 Å². The average molecular weight is 367 g/mol. The summed E-state index contributed by atoms with van der Waals surface area (Å²) >= 11 is 12.7. The maximum absolute atomic E-state index is 6.43. The molecular formula is C20H12Cl2N2O. The van der Waals surface area contributed by atoms with Gasteiger partial charge in [-0.25, -0.2) is 0 Å². The Labute approximate surface area is 154 Å². The standard InChI is InChI=1S/C20H12Cl2N2O/c21-13-8-16(22)15-10-23-19(17-6-3-7-24(17)18(15)9-13)20-14-5-2-1-4-12(14)11-25-20/h1-9,11H,10H2. The van der Waals surface area contributed by atoms with Crippen molar-refractivity contribution in [2.45, 2.75) is 6.54 Å². The maximum Gasteiger partial charge on any atom is 0.161 e. The van der Waals surface area contributed by atoms with Crippen molar-refractivity contribution in [2.75, 3.05) is 0 Å². The van der Waals surface area contributed by atoms with Crippen LogP contribution < -0.4 is 0 Å². The molecule has 0 spiro atoms. The molecule has 1 aliphatic rings. The van der Waals surface area contributed by atoms with E-state index in [1.165, 1.54) is 0 Å². The van der Waals surface area contributed by atoms with E-state index in [0.717, 1.165) is 39.2 Å². The summed E-state index contributed by atoms with van der Waals surface area (Å²) < 4.78 is 7.95. The quantitative estimate of drug-likeness (QED) is 0.413. The van der Waals surface area contributed by atoms with E-state index in [1.54, 1.807) is 12.3 Å². The van der Waals surface area contributed by atoms with Crippen LogP contribution in [0.1, 0.15) is 17.0 Å². The van der Waals surface area contributed by atoms with E-state index < -0.39 is 0 Å². The maximum atomic E-state index is 6.43. The van der Waals surface area contributed by atoms with Crippen LogP contribution in [0.2, 0.25) is 10.0 Å². The van der Waals surface area contributed by atoms with E-state index in [2.05, 4.69) is 4.57 Å². The van der Waals surface area contributed by atoms with Gasteiger partial charge in [-0.05, 0) is 24.3 Å². The van der Waals surface area contributed by atoms with Gasteiger partial charge < -0.3 is 8.98 Å². The van der Waals surface area contributed by atoms with E-state index >= 15 is 0 Å². The SMILES string of the molecule is Clc1cc(Cl)c2c(c1)-n1cccc1C(c1occ3ccccc13)=NC2. The largest absolute Gasteiger partial charge is 0.461 e. The summed E-state index contributed by atoms with van der Waals surface area (Å²) in [5.74, 6) is 0.769. The van der Waals surface area contributed by atoms with Gasteiger partial charge in [-0.3, -0.25) is 4.99 Å². The first kappa shape index (κ1) is 14.8. The van der Waals surface area contributed by atoms with Crippen molar-refractivity contribution >= 4 is 39.7 Å². The summed E-state index contributed by atoms with van der Waals surface area (Å²) in [4.78, 5) is 4.84. The van der Waals surface area contributed by atoms with Crippen molar-refractivity contribution in [1.29, 1.82) is 0 Å². The second-order valence-electron chi connectivity index (χ2n) is 5.97. The molecule has 5 heteroatoms. The molecule has 0 saturated heterocycles. The summed E-state index contributed by atoms with van der Waals surface area (Å²) in [5, 5.41) is 3.33. The highest BCUT2D eigenvalue weighted by Gasteiger charge is 2.23. The van der Waals surface area contributed by atoms with Gasteiger partial charge in [0.15, 0.2) is 5.76 Å². The van der Waals surface area contributed by atoms with Crippen LogP contribution in [0.25, 0.3) is 16.5 Å². The Bertz CT molecular complexity index is 1150. The number of nitrogens with zero attached hydrogens (tertiary/aromatic N) is 2. The van der Waals surface area contributed by atoms with Gasteiger partial charge in [0.2, 0.25) is 0 Å². The van der Waals surface area contributed by atoms with Crippen LogP contribution >= 0.6 is 23.2 Å². The number of hydrogen-bond donors (Lipinski definition) is 0. The minimum atomic E-state index is 0.470. The van der Waals surface area contributed by atoms with Gasteiger partial charge in [-0.2, -0.15) is 0 Å². The molecule has 25 heavy (non-hydrogen) atoms. The third-order valence-electron chi connectivity index (χ3n) is 4.51. The number of hydrogen-bond acceptors (Lipinski definition) is 2. The van der Waals surface area contributed by atoms with Crippen LogP contribution in [0.5, 0.6) is 0 Å². The van der Waals surface area contributed by atoms with Gasteiger partial charge in [0.05, 0.1) is 24.2 Å². The fourth-order valence-electron chi connectivity index (χ4n) is 3.35. The lowest BCUT2D eigenvalue weighted by Crippen LogP contribution is -2.07. The molecule has 3 heterocycles. The zero-order valence-electron chi connectivity index (χ0n) is 13.0. The van der Waals surface area contributed by atoms with Crippen molar-refractivity contribution in [3.05, 3.63) is 88.1 Å². The third-order valence-corrected chi connectivity index (χ3v) is 5.06. The van der Waals surface area contributed by atoms with Gasteiger partial charge in [0.1, 0.15) is 5.71 Å². The van der Waals surface area contributed by atoms with Gasteiger partial charge in [0.25, 0.3) is 0 Å².